The van der Waals surface area contributed by atoms with Gasteiger partial charge in [-0.05, 0) is 54.1 Å². The maximum absolute atomic E-state index is 14.0. The number of H-pyrrole nitrogens is 1. The molecule has 0 saturated carbocycles. The number of ether oxygens (including phenoxy) is 2. The lowest BCUT2D eigenvalue weighted by molar-refractivity contribution is -0.137. The van der Waals surface area contributed by atoms with E-state index in [1.807, 2.05) is 0 Å². The van der Waals surface area contributed by atoms with Gasteiger partial charge in [0.15, 0.2) is 18.1 Å². The number of benzene rings is 3. The van der Waals surface area contributed by atoms with Gasteiger partial charge in [-0.3, -0.25) is 19.2 Å². The molecule has 12 nitrogen and oxygen atoms in total. The van der Waals surface area contributed by atoms with Crippen LogP contribution in [0.15, 0.2) is 81.4 Å². The van der Waals surface area contributed by atoms with Crippen molar-refractivity contribution < 1.29 is 45.4 Å². The number of carbonyl (C=O) groups excluding carboxylic acids is 3. The zero-order valence-corrected chi connectivity index (χ0v) is 26.9. The molecule has 1 saturated heterocycles. The highest BCUT2D eigenvalue weighted by molar-refractivity contribution is 8.00. The van der Waals surface area contributed by atoms with Gasteiger partial charge >= 0.3 is 11.0 Å². The first kappa shape index (κ1) is 33.3. The number of anilines is 2. The van der Waals surface area contributed by atoms with Gasteiger partial charge in [-0.1, -0.05) is 41.3 Å². The minimum atomic E-state index is -4.83. The second kappa shape index (κ2) is 12.4. The predicted molar refractivity (Wildman–Crippen MR) is 169 cm³/mol. The van der Waals surface area contributed by atoms with Crippen LogP contribution in [0.1, 0.15) is 21.9 Å². The summed E-state index contributed by atoms with van der Waals surface area (Å²) in [7, 11) is -2.58. The number of fused-ring (bicyclic) bond motifs is 2. The number of carbonyl (C=O) groups is 3. The van der Waals surface area contributed by atoms with E-state index < -0.39 is 73.7 Å². The highest BCUT2D eigenvalue weighted by Crippen LogP contribution is 2.54. The molecule has 1 fully saturated rings. The number of imide groups is 1. The van der Waals surface area contributed by atoms with Crippen molar-refractivity contribution in [2.75, 3.05) is 23.9 Å². The first-order chi connectivity index (χ1) is 22.7. The summed E-state index contributed by atoms with van der Waals surface area (Å²) in [4.78, 5) is 55.7. The van der Waals surface area contributed by atoms with Crippen LogP contribution in [-0.2, 0) is 30.6 Å². The molecule has 0 radical (unpaired) electrons. The third-order valence-corrected chi connectivity index (χ3v) is 11.0. The maximum Gasteiger partial charge on any atom is 0.418 e. The van der Waals surface area contributed by atoms with Crippen LogP contribution < -0.4 is 29.7 Å². The molecule has 0 aliphatic carbocycles. The molecule has 0 spiro atoms. The van der Waals surface area contributed by atoms with E-state index in [0.717, 1.165) is 41.3 Å². The third kappa shape index (κ3) is 6.18. The first-order valence-corrected chi connectivity index (χ1v) is 17.1. The van der Waals surface area contributed by atoms with Gasteiger partial charge < -0.3 is 19.8 Å². The molecule has 4 N–H and O–H groups in total. The van der Waals surface area contributed by atoms with Crippen LogP contribution in [0.4, 0.5) is 24.5 Å². The monoisotopic (exact) mass is 720 g/mol. The quantitative estimate of drug-likeness (QED) is 0.228. The van der Waals surface area contributed by atoms with Crippen molar-refractivity contribution in [3.63, 3.8) is 0 Å². The number of thiazole rings is 1. The second-order valence-electron chi connectivity index (χ2n) is 10.6. The van der Waals surface area contributed by atoms with Crippen molar-refractivity contribution in [2.45, 2.75) is 27.3 Å². The lowest BCUT2D eigenvalue weighted by atomic mass is 9.83. The summed E-state index contributed by atoms with van der Waals surface area (Å²) >= 11 is 1.75. The summed E-state index contributed by atoms with van der Waals surface area (Å²) in [6, 6.07) is 14.0. The van der Waals surface area contributed by atoms with Crippen molar-refractivity contribution in [1.29, 1.82) is 0 Å². The fourth-order valence-corrected chi connectivity index (χ4v) is 8.62. The van der Waals surface area contributed by atoms with Crippen LogP contribution in [-0.4, -0.2) is 50.1 Å². The molecule has 3 atom stereocenters. The van der Waals surface area contributed by atoms with Crippen LogP contribution >= 0.6 is 23.1 Å². The number of methoxy groups -OCH3 is 1. The molecule has 0 bridgehead atoms. The number of aromatic amines is 1. The number of nitrogens with two attached hydrogens (primary N) is 1. The number of nitrogens with one attached hydrogen (secondary N) is 2. The van der Waals surface area contributed by atoms with Gasteiger partial charge in [-0.25, -0.2) is 18.5 Å². The van der Waals surface area contributed by atoms with Gasteiger partial charge in [0.05, 0.1) is 34.2 Å². The number of thioether (sulfide) groups is 1. The number of aromatic nitrogens is 1. The SMILES string of the molecule is COc1cc(C2c3sc(=O)[nH]c3SC3C(=O)N(c4ccccc4C(F)(F)F)C(=O)C32)ccc1OCC(=O)Nc1ccc(S(N)(=O)=O)cc1. The highest BCUT2D eigenvalue weighted by atomic mass is 32.2. The number of rotatable bonds is 8. The molecule has 2 aliphatic heterocycles. The minimum absolute atomic E-state index is 0.125. The third-order valence-electron chi connectivity index (χ3n) is 7.65. The number of sulfonamides is 1. The number of primary sulfonamides is 1. The number of halogens is 3. The molecule has 6 rings (SSSR count). The zero-order valence-electron chi connectivity index (χ0n) is 24.4. The smallest absolute Gasteiger partial charge is 0.418 e. The molecule has 1 aromatic heterocycles. The van der Waals surface area contributed by atoms with Crippen LogP contribution in [0.5, 0.6) is 11.5 Å². The van der Waals surface area contributed by atoms with Crippen molar-refractivity contribution in [3.05, 3.63) is 92.4 Å². The van der Waals surface area contributed by atoms with E-state index in [0.29, 0.717) is 20.4 Å². The van der Waals surface area contributed by atoms with E-state index in [1.54, 1.807) is 6.07 Å². The Labute approximate surface area is 278 Å². The van der Waals surface area contributed by atoms with Crippen molar-refractivity contribution in [3.8, 4) is 11.5 Å². The average Bonchev–Trinajstić information content (AvgIpc) is 3.53. The second-order valence-corrected chi connectivity index (χ2v) is 14.3. The van der Waals surface area contributed by atoms with E-state index in [4.69, 9.17) is 14.6 Å². The number of amides is 3. The molecule has 18 heteroatoms. The molecule has 3 aromatic carbocycles. The Kier molecular flexibility index (Phi) is 8.61. The van der Waals surface area contributed by atoms with Gasteiger partial charge in [0.1, 0.15) is 5.25 Å². The zero-order chi connectivity index (χ0) is 34.5. The Morgan fingerprint density at radius 2 is 1.73 bits per heavy atom. The number of para-hydroxylation sites is 1. The van der Waals surface area contributed by atoms with E-state index in [2.05, 4.69) is 10.3 Å². The van der Waals surface area contributed by atoms with Crippen molar-refractivity contribution in [2.24, 2.45) is 11.1 Å². The van der Waals surface area contributed by atoms with Crippen LogP contribution in [0.25, 0.3) is 0 Å². The normalized spacial score (nSPS) is 19.1. The standard InChI is InChI=1S/C30H23F3N4O8S3/c1-44-20-12-14(6-11-19(20)45-13-21(38)35-15-7-9-16(10-8-15)48(34,42)43)22-23-25(46-26-24(22)47-29(41)36-26)28(40)37(27(23)39)18-5-3-2-4-17(18)30(31,32)33/h2-12,22-23,25H,13H2,1H3,(H,35,38)(H,36,41)(H2,34,42,43). The fourth-order valence-electron chi connectivity index (χ4n) is 5.59. The molecule has 48 heavy (non-hydrogen) atoms. The van der Waals surface area contributed by atoms with Crippen molar-refractivity contribution in [1.82, 2.24) is 4.98 Å². The minimum Gasteiger partial charge on any atom is -0.493 e. The van der Waals surface area contributed by atoms with Gasteiger partial charge in [0, 0.05) is 16.5 Å². The van der Waals surface area contributed by atoms with Crippen molar-refractivity contribution >= 4 is 62.2 Å². The average molecular weight is 721 g/mol. The Hall–Kier alpha value is -4.65. The Balaban J connectivity index is 1.28. The molecule has 2 aliphatic rings. The summed E-state index contributed by atoms with van der Waals surface area (Å²) in [5.74, 6) is -4.10. The summed E-state index contributed by atoms with van der Waals surface area (Å²) < 4.78 is 75.8. The molecule has 3 unspecified atom stereocenters. The molecule has 250 valence electrons. The molecular formula is C30H23F3N4O8S3. The summed E-state index contributed by atoms with van der Waals surface area (Å²) in [6.45, 7) is -0.485. The number of hydrogen-bond acceptors (Lipinski definition) is 10. The predicted octanol–water partition coefficient (Wildman–Crippen LogP) is 3.92. The maximum atomic E-state index is 14.0. The summed E-state index contributed by atoms with van der Waals surface area (Å²) in [5, 5.41) is 6.83. The summed E-state index contributed by atoms with van der Waals surface area (Å²) in [5.41, 5.74) is -1.02. The van der Waals surface area contributed by atoms with Crippen LogP contribution in [0, 0.1) is 5.92 Å². The lowest BCUT2D eigenvalue weighted by Gasteiger charge is -2.30. The topological polar surface area (TPSA) is 178 Å². The molecule has 3 heterocycles. The first-order valence-electron chi connectivity index (χ1n) is 13.8. The number of nitrogens with zero attached hydrogens (tertiary/aromatic N) is 1. The van der Waals surface area contributed by atoms with E-state index in [1.165, 1.54) is 49.6 Å². The molecule has 3 amide bonds. The van der Waals surface area contributed by atoms with E-state index in [-0.39, 0.29) is 22.1 Å². The fraction of sp³-hybridized carbons (Fsp3) is 0.200. The number of hydrogen-bond donors (Lipinski definition) is 3. The van der Waals surface area contributed by atoms with E-state index >= 15 is 0 Å². The van der Waals surface area contributed by atoms with Gasteiger partial charge in [-0.2, -0.15) is 13.2 Å². The molecular weight excluding hydrogens is 698 g/mol. The Bertz CT molecular complexity index is 2120. The van der Waals surface area contributed by atoms with E-state index in [9.17, 15) is 40.8 Å². The van der Waals surface area contributed by atoms with Gasteiger partial charge in [0.2, 0.25) is 21.8 Å². The lowest BCUT2D eigenvalue weighted by Crippen LogP contribution is -2.33. The Morgan fingerprint density at radius 1 is 1.02 bits per heavy atom. The van der Waals surface area contributed by atoms with Gasteiger partial charge in [-0.15, -0.1) is 0 Å². The van der Waals surface area contributed by atoms with Crippen LogP contribution in [0.2, 0.25) is 0 Å². The molecule has 4 aromatic rings. The van der Waals surface area contributed by atoms with Crippen LogP contribution in [0.3, 0.4) is 0 Å². The summed E-state index contributed by atoms with van der Waals surface area (Å²) in [6.07, 6.45) is -4.83. The highest BCUT2D eigenvalue weighted by Gasteiger charge is 2.57. The Morgan fingerprint density at radius 3 is 2.40 bits per heavy atom. The largest absolute Gasteiger partial charge is 0.493 e. The number of alkyl halides is 3. The van der Waals surface area contributed by atoms with Gasteiger partial charge in [0.25, 0.3) is 5.91 Å².